The number of benzene rings is 1. The van der Waals surface area contributed by atoms with Crippen molar-refractivity contribution in [3.63, 3.8) is 0 Å². The van der Waals surface area contributed by atoms with Gasteiger partial charge >= 0.3 is 12.2 Å². The van der Waals surface area contributed by atoms with Gasteiger partial charge in [-0.25, -0.2) is 4.98 Å². The molecule has 130 valence electrons. The van der Waals surface area contributed by atoms with E-state index in [-0.39, 0.29) is 18.4 Å². The van der Waals surface area contributed by atoms with Gasteiger partial charge in [0.1, 0.15) is 11.3 Å². The lowest BCUT2D eigenvalue weighted by Crippen LogP contribution is -2.19. The van der Waals surface area contributed by atoms with Gasteiger partial charge in [-0.1, -0.05) is 6.07 Å². The van der Waals surface area contributed by atoms with Crippen molar-refractivity contribution in [3.05, 3.63) is 36.0 Å². The van der Waals surface area contributed by atoms with E-state index in [1.54, 1.807) is 31.2 Å². The Morgan fingerprint density at radius 1 is 1.12 bits per heavy atom. The first kappa shape index (κ1) is 17.8. The van der Waals surface area contributed by atoms with Gasteiger partial charge in [-0.15, -0.1) is 0 Å². The predicted molar refractivity (Wildman–Crippen MR) is 83.9 cm³/mol. The minimum atomic E-state index is -4.58. The Bertz CT molecular complexity index is 693. The van der Waals surface area contributed by atoms with Gasteiger partial charge in [0.05, 0.1) is 13.2 Å². The van der Waals surface area contributed by atoms with Crippen molar-refractivity contribution >= 4 is 11.5 Å². The van der Waals surface area contributed by atoms with Crippen LogP contribution in [0, 0.1) is 0 Å². The van der Waals surface area contributed by atoms with Crippen LogP contribution in [0.25, 0.3) is 0 Å². The van der Waals surface area contributed by atoms with Crippen LogP contribution < -0.4 is 14.4 Å². The first-order valence-corrected chi connectivity index (χ1v) is 7.40. The van der Waals surface area contributed by atoms with Crippen molar-refractivity contribution in [1.82, 2.24) is 9.97 Å². The number of alkyl halides is 3. The normalized spacial score (nSPS) is 11.2. The Kier molecular flexibility index (Phi) is 5.48. The zero-order valence-corrected chi connectivity index (χ0v) is 13.6. The average molecular weight is 341 g/mol. The third kappa shape index (κ3) is 4.06. The second kappa shape index (κ2) is 7.37. The Hall–Kier alpha value is -2.51. The maximum atomic E-state index is 13.3. The quantitative estimate of drug-likeness (QED) is 0.793. The molecule has 0 N–H and O–H groups in total. The van der Waals surface area contributed by atoms with E-state index in [1.165, 1.54) is 11.9 Å². The van der Waals surface area contributed by atoms with Gasteiger partial charge in [0.15, 0.2) is 5.82 Å². The maximum Gasteiger partial charge on any atom is 0.421 e. The molecule has 24 heavy (non-hydrogen) atoms. The summed E-state index contributed by atoms with van der Waals surface area (Å²) in [5.41, 5.74) is -0.428. The minimum absolute atomic E-state index is 0.103. The molecule has 0 saturated carbocycles. The maximum absolute atomic E-state index is 13.3. The summed E-state index contributed by atoms with van der Waals surface area (Å²) >= 11 is 0. The van der Waals surface area contributed by atoms with Gasteiger partial charge in [-0.05, 0) is 26.0 Å². The summed E-state index contributed by atoms with van der Waals surface area (Å²) < 4.78 is 50.3. The smallest absolute Gasteiger partial charge is 0.421 e. The van der Waals surface area contributed by atoms with Crippen molar-refractivity contribution in [2.24, 2.45) is 0 Å². The van der Waals surface area contributed by atoms with Crippen LogP contribution in [0.5, 0.6) is 11.8 Å². The van der Waals surface area contributed by atoms with E-state index >= 15 is 0 Å². The lowest BCUT2D eigenvalue weighted by molar-refractivity contribution is -0.137. The summed E-state index contributed by atoms with van der Waals surface area (Å²) in [6.07, 6.45) is -3.85. The first-order chi connectivity index (χ1) is 11.4. The monoisotopic (exact) mass is 341 g/mol. The van der Waals surface area contributed by atoms with Gasteiger partial charge in [-0.3, -0.25) is 0 Å². The van der Waals surface area contributed by atoms with Crippen LogP contribution in [-0.2, 0) is 6.18 Å². The molecule has 0 bridgehead atoms. The van der Waals surface area contributed by atoms with Crippen LogP contribution >= 0.6 is 0 Å². The third-order valence-electron chi connectivity index (χ3n) is 3.16. The third-order valence-corrected chi connectivity index (χ3v) is 3.16. The summed E-state index contributed by atoms with van der Waals surface area (Å²) in [5.74, 6) is 0.282. The van der Waals surface area contributed by atoms with Crippen LogP contribution in [0.2, 0.25) is 0 Å². The van der Waals surface area contributed by atoms with Crippen LogP contribution in [0.1, 0.15) is 19.4 Å². The van der Waals surface area contributed by atoms with E-state index in [9.17, 15) is 13.2 Å². The largest absolute Gasteiger partial charge is 0.494 e. The van der Waals surface area contributed by atoms with E-state index < -0.39 is 11.7 Å². The second-order valence-electron chi connectivity index (χ2n) is 4.81. The van der Waals surface area contributed by atoms with Crippen molar-refractivity contribution in [3.8, 4) is 11.8 Å². The number of hydrogen-bond donors (Lipinski definition) is 0. The molecular formula is C16H18F3N3O2. The van der Waals surface area contributed by atoms with E-state index in [2.05, 4.69) is 9.97 Å². The fourth-order valence-electron chi connectivity index (χ4n) is 2.08. The first-order valence-electron chi connectivity index (χ1n) is 7.40. The molecule has 0 amide bonds. The lowest BCUT2D eigenvalue weighted by atomic mass is 10.2. The number of hydrogen-bond acceptors (Lipinski definition) is 5. The Morgan fingerprint density at radius 3 is 2.46 bits per heavy atom. The fourth-order valence-corrected chi connectivity index (χ4v) is 2.08. The number of halogens is 3. The van der Waals surface area contributed by atoms with E-state index in [4.69, 9.17) is 9.47 Å². The van der Waals surface area contributed by atoms with Gasteiger partial charge in [0, 0.05) is 25.0 Å². The molecule has 0 unspecified atom stereocenters. The summed E-state index contributed by atoms with van der Waals surface area (Å²) in [6.45, 7) is 4.25. The molecule has 0 aliphatic rings. The molecule has 2 aromatic rings. The topological polar surface area (TPSA) is 47.5 Å². The van der Waals surface area contributed by atoms with Crippen LogP contribution in [0.3, 0.4) is 0 Å². The summed E-state index contributed by atoms with van der Waals surface area (Å²) in [4.78, 5) is 8.86. The molecule has 1 aromatic heterocycles. The van der Waals surface area contributed by atoms with Crippen molar-refractivity contribution in [2.45, 2.75) is 20.0 Å². The zero-order valence-electron chi connectivity index (χ0n) is 13.6. The SMILES string of the molecule is CCOc1cccc(N(C)c2nc(OCC)ncc2C(F)(F)F)c1. The molecule has 0 saturated heterocycles. The van der Waals surface area contributed by atoms with E-state index in [0.29, 0.717) is 18.0 Å². The molecule has 0 radical (unpaired) electrons. The van der Waals surface area contributed by atoms with Gasteiger partial charge in [0.2, 0.25) is 0 Å². The molecule has 1 aromatic carbocycles. The van der Waals surface area contributed by atoms with Crippen LogP contribution in [0.4, 0.5) is 24.7 Å². The summed E-state index contributed by atoms with van der Waals surface area (Å²) in [5, 5.41) is 0. The summed E-state index contributed by atoms with van der Waals surface area (Å²) in [7, 11) is 1.50. The highest BCUT2D eigenvalue weighted by Gasteiger charge is 2.36. The van der Waals surface area contributed by atoms with Gasteiger partial charge in [-0.2, -0.15) is 18.2 Å². The lowest BCUT2D eigenvalue weighted by Gasteiger charge is -2.23. The average Bonchev–Trinajstić information content (AvgIpc) is 2.54. The van der Waals surface area contributed by atoms with Crippen molar-refractivity contribution in [2.75, 3.05) is 25.2 Å². The molecule has 0 fully saturated rings. The molecule has 2 rings (SSSR count). The molecule has 0 aliphatic heterocycles. The number of nitrogens with zero attached hydrogens (tertiary/aromatic N) is 3. The highest BCUT2D eigenvalue weighted by molar-refractivity contribution is 5.64. The number of rotatable bonds is 6. The number of ether oxygens (including phenoxy) is 2. The van der Waals surface area contributed by atoms with Gasteiger partial charge in [0.25, 0.3) is 0 Å². The number of anilines is 2. The Morgan fingerprint density at radius 2 is 1.83 bits per heavy atom. The fraction of sp³-hybridized carbons (Fsp3) is 0.375. The Balaban J connectivity index is 2.47. The highest BCUT2D eigenvalue weighted by Crippen LogP contribution is 2.38. The van der Waals surface area contributed by atoms with Crippen LogP contribution in [0.15, 0.2) is 30.5 Å². The van der Waals surface area contributed by atoms with Crippen molar-refractivity contribution in [1.29, 1.82) is 0 Å². The molecular weight excluding hydrogens is 323 g/mol. The van der Waals surface area contributed by atoms with Gasteiger partial charge < -0.3 is 14.4 Å². The Labute approximate surface area is 138 Å². The molecule has 8 heteroatoms. The molecule has 5 nitrogen and oxygen atoms in total. The summed E-state index contributed by atoms with van der Waals surface area (Å²) in [6, 6.07) is 6.65. The molecule has 0 spiro atoms. The highest BCUT2D eigenvalue weighted by atomic mass is 19.4. The standard InChI is InChI=1S/C16H18F3N3O2/c1-4-23-12-8-6-7-11(9-12)22(3)14-13(16(17,18)19)10-20-15(21-14)24-5-2/h6-10H,4-5H2,1-3H3. The van der Waals surface area contributed by atoms with Crippen LogP contribution in [-0.4, -0.2) is 30.2 Å². The van der Waals surface area contributed by atoms with E-state index in [1.807, 2.05) is 6.92 Å². The predicted octanol–water partition coefficient (Wildman–Crippen LogP) is 4.06. The number of aromatic nitrogens is 2. The van der Waals surface area contributed by atoms with Crippen molar-refractivity contribution < 1.29 is 22.6 Å². The van der Waals surface area contributed by atoms with E-state index in [0.717, 1.165) is 6.20 Å². The molecule has 0 aliphatic carbocycles. The minimum Gasteiger partial charge on any atom is -0.494 e. The molecule has 1 heterocycles. The molecule has 0 atom stereocenters. The second-order valence-corrected chi connectivity index (χ2v) is 4.81. The zero-order chi connectivity index (χ0) is 17.7.